The van der Waals surface area contributed by atoms with Gasteiger partial charge >= 0.3 is 0 Å². The predicted octanol–water partition coefficient (Wildman–Crippen LogP) is 3.32. The Bertz CT molecular complexity index is 378. The Hall–Kier alpha value is -0.380. The van der Waals surface area contributed by atoms with Crippen molar-refractivity contribution in [3.8, 4) is 0 Å². The Balaban J connectivity index is 2.15. The van der Waals surface area contributed by atoms with Crippen LogP contribution in [-0.2, 0) is 4.74 Å². The minimum absolute atomic E-state index is 0.104. The van der Waals surface area contributed by atoms with Crippen molar-refractivity contribution >= 4 is 15.9 Å². The maximum Gasteiger partial charge on any atom is 0.0641 e. The first-order chi connectivity index (χ1) is 8.14. The minimum atomic E-state index is 0.104. The number of benzene rings is 1. The van der Waals surface area contributed by atoms with Crippen molar-refractivity contribution in [2.75, 3.05) is 20.3 Å². The monoisotopic (exact) mass is 297 g/mol. The lowest BCUT2D eigenvalue weighted by Gasteiger charge is -2.39. The average Bonchev–Trinajstić information content (AvgIpc) is 2.29. The molecular weight excluding hydrogens is 278 g/mol. The van der Waals surface area contributed by atoms with E-state index in [1.165, 1.54) is 16.5 Å². The molecule has 1 N–H and O–H groups in total. The molecule has 0 aromatic heterocycles. The van der Waals surface area contributed by atoms with Crippen molar-refractivity contribution in [2.24, 2.45) is 0 Å². The number of nitrogens with one attached hydrogen (secondary N) is 1. The van der Waals surface area contributed by atoms with E-state index >= 15 is 0 Å². The van der Waals surface area contributed by atoms with Crippen molar-refractivity contribution < 1.29 is 4.74 Å². The molecule has 0 amide bonds. The Morgan fingerprint density at radius 2 is 2.24 bits per heavy atom. The highest BCUT2D eigenvalue weighted by Crippen LogP contribution is 2.36. The SMILES string of the molecule is COCC1(C)CC(c2ccccc2Br)CCN1. The van der Waals surface area contributed by atoms with Crippen LogP contribution in [-0.4, -0.2) is 25.8 Å². The molecule has 3 heteroatoms. The van der Waals surface area contributed by atoms with Crippen LogP contribution in [0.4, 0.5) is 0 Å². The van der Waals surface area contributed by atoms with Crippen molar-refractivity contribution in [1.29, 1.82) is 0 Å². The van der Waals surface area contributed by atoms with Crippen LogP contribution in [0.5, 0.6) is 0 Å². The molecule has 0 aliphatic carbocycles. The van der Waals surface area contributed by atoms with E-state index in [2.05, 4.69) is 52.4 Å². The third-order valence-corrected chi connectivity index (χ3v) is 4.27. The van der Waals surface area contributed by atoms with Gasteiger partial charge < -0.3 is 10.1 Å². The number of hydrogen-bond donors (Lipinski definition) is 1. The van der Waals surface area contributed by atoms with Crippen LogP contribution in [0.1, 0.15) is 31.2 Å². The van der Waals surface area contributed by atoms with Gasteiger partial charge in [-0.1, -0.05) is 34.1 Å². The van der Waals surface area contributed by atoms with Crippen molar-refractivity contribution in [1.82, 2.24) is 5.32 Å². The summed E-state index contributed by atoms with van der Waals surface area (Å²) < 4.78 is 6.55. The molecule has 1 aliphatic rings. The predicted molar refractivity (Wildman–Crippen MR) is 74.4 cm³/mol. The number of hydrogen-bond acceptors (Lipinski definition) is 2. The molecule has 1 heterocycles. The van der Waals surface area contributed by atoms with Crippen LogP contribution >= 0.6 is 15.9 Å². The summed E-state index contributed by atoms with van der Waals surface area (Å²) in [6.45, 7) is 4.08. The second-order valence-electron chi connectivity index (χ2n) is 5.13. The maximum atomic E-state index is 5.32. The molecular formula is C14H20BrNO. The number of halogens is 1. The first-order valence-corrected chi connectivity index (χ1v) is 6.92. The first-order valence-electron chi connectivity index (χ1n) is 6.13. The molecule has 0 spiro atoms. The zero-order chi connectivity index (χ0) is 12.3. The molecule has 2 nitrogen and oxygen atoms in total. The van der Waals surface area contributed by atoms with Gasteiger partial charge in [0.1, 0.15) is 0 Å². The van der Waals surface area contributed by atoms with E-state index in [4.69, 9.17) is 4.74 Å². The fraction of sp³-hybridized carbons (Fsp3) is 0.571. The minimum Gasteiger partial charge on any atom is -0.383 e. The Morgan fingerprint density at radius 1 is 1.47 bits per heavy atom. The normalized spacial score (nSPS) is 29.2. The van der Waals surface area contributed by atoms with Gasteiger partial charge in [-0.2, -0.15) is 0 Å². The molecule has 1 saturated heterocycles. The van der Waals surface area contributed by atoms with Crippen LogP contribution in [0, 0.1) is 0 Å². The highest BCUT2D eigenvalue weighted by atomic mass is 79.9. The highest BCUT2D eigenvalue weighted by Gasteiger charge is 2.32. The van der Waals surface area contributed by atoms with Crippen molar-refractivity contribution in [3.63, 3.8) is 0 Å². The van der Waals surface area contributed by atoms with Crippen LogP contribution in [0.15, 0.2) is 28.7 Å². The van der Waals surface area contributed by atoms with Gasteiger partial charge in [0.05, 0.1) is 6.61 Å². The van der Waals surface area contributed by atoms with Gasteiger partial charge in [0, 0.05) is 17.1 Å². The van der Waals surface area contributed by atoms with Crippen molar-refractivity contribution in [3.05, 3.63) is 34.3 Å². The summed E-state index contributed by atoms with van der Waals surface area (Å²) in [4.78, 5) is 0. The second kappa shape index (κ2) is 5.51. The molecule has 1 aromatic carbocycles. The summed E-state index contributed by atoms with van der Waals surface area (Å²) in [5.41, 5.74) is 1.53. The second-order valence-corrected chi connectivity index (χ2v) is 5.99. The van der Waals surface area contributed by atoms with Gasteiger partial charge in [0.15, 0.2) is 0 Å². The number of methoxy groups -OCH3 is 1. The van der Waals surface area contributed by atoms with Crippen LogP contribution < -0.4 is 5.32 Å². The third kappa shape index (κ3) is 3.09. The van der Waals surface area contributed by atoms with E-state index in [0.717, 1.165) is 19.6 Å². The summed E-state index contributed by atoms with van der Waals surface area (Å²) in [6.07, 6.45) is 2.32. The molecule has 0 bridgehead atoms. The van der Waals surface area contributed by atoms with Gasteiger partial charge in [0.25, 0.3) is 0 Å². The molecule has 1 fully saturated rings. The average molecular weight is 298 g/mol. The van der Waals surface area contributed by atoms with E-state index in [9.17, 15) is 0 Å². The lowest BCUT2D eigenvalue weighted by Crippen LogP contribution is -2.51. The summed E-state index contributed by atoms with van der Waals surface area (Å²) in [5, 5.41) is 3.58. The fourth-order valence-electron chi connectivity index (χ4n) is 2.77. The quantitative estimate of drug-likeness (QED) is 0.924. The van der Waals surface area contributed by atoms with E-state index in [1.54, 1.807) is 7.11 Å². The third-order valence-electron chi connectivity index (χ3n) is 3.55. The van der Waals surface area contributed by atoms with Crippen LogP contribution in [0.3, 0.4) is 0 Å². The maximum absolute atomic E-state index is 5.32. The van der Waals surface area contributed by atoms with Gasteiger partial charge in [-0.15, -0.1) is 0 Å². The molecule has 0 saturated carbocycles. The number of piperidine rings is 1. The summed E-state index contributed by atoms with van der Waals surface area (Å²) in [6, 6.07) is 8.55. The number of ether oxygens (including phenoxy) is 1. The van der Waals surface area contributed by atoms with Crippen molar-refractivity contribution in [2.45, 2.75) is 31.2 Å². The molecule has 0 radical (unpaired) electrons. The van der Waals surface area contributed by atoms with Gasteiger partial charge in [0.2, 0.25) is 0 Å². The topological polar surface area (TPSA) is 21.3 Å². The molecule has 17 heavy (non-hydrogen) atoms. The lowest BCUT2D eigenvalue weighted by molar-refractivity contribution is 0.0946. The lowest BCUT2D eigenvalue weighted by atomic mass is 9.80. The van der Waals surface area contributed by atoms with Gasteiger partial charge in [-0.05, 0) is 43.9 Å². The van der Waals surface area contributed by atoms with Crippen LogP contribution in [0.25, 0.3) is 0 Å². The Labute approximate surface area is 112 Å². The standard InChI is InChI=1S/C14H20BrNO/c1-14(10-17-2)9-11(7-8-16-14)12-5-3-4-6-13(12)15/h3-6,11,16H,7-10H2,1-2H3. The van der Waals surface area contributed by atoms with E-state index in [1.807, 2.05) is 0 Å². The Morgan fingerprint density at radius 3 is 2.94 bits per heavy atom. The Kier molecular flexibility index (Phi) is 4.23. The first kappa shape index (κ1) is 13.1. The molecule has 94 valence electrons. The largest absolute Gasteiger partial charge is 0.383 e. The van der Waals surface area contributed by atoms with Gasteiger partial charge in [-0.3, -0.25) is 0 Å². The smallest absolute Gasteiger partial charge is 0.0641 e. The van der Waals surface area contributed by atoms with E-state index in [-0.39, 0.29) is 5.54 Å². The molecule has 2 unspecified atom stereocenters. The number of rotatable bonds is 3. The molecule has 1 aliphatic heterocycles. The zero-order valence-corrected chi connectivity index (χ0v) is 12.1. The van der Waals surface area contributed by atoms with E-state index < -0.39 is 0 Å². The fourth-order valence-corrected chi connectivity index (χ4v) is 3.37. The molecule has 2 rings (SSSR count). The molecule has 2 atom stereocenters. The van der Waals surface area contributed by atoms with Crippen LogP contribution in [0.2, 0.25) is 0 Å². The summed E-state index contributed by atoms with van der Waals surface area (Å²) >= 11 is 3.66. The summed E-state index contributed by atoms with van der Waals surface area (Å²) in [7, 11) is 1.77. The summed E-state index contributed by atoms with van der Waals surface area (Å²) in [5.74, 6) is 0.618. The van der Waals surface area contributed by atoms with E-state index in [0.29, 0.717) is 5.92 Å². The molecule has 1 aromatic rings. The zero-order valence-electron chi connectivity index (χ0n) is 10.5. The van der Waals surface area contributed by atoms with Gasteiger partial charge in [-0.25, -0.2) is 0 Å². The highest BCUT2D eigenvalue weighted by molar-refractivity contribution is 9.10.